The maximum Gasteiger partial charge on any atom is 0.343 e. The molecule has 1 heterocycles. The Balaban J connectivity index is 1.50. The molecule has 1 aliphatic rings. The van der Waals surface area contributed by atoms with Crippen LogP contribution in [0.3, 0.4) is 0 Å². The van der Waals surface area contributed by atoms with E-state index in [1.807, 2.05) is 38.1 Å². The third-order valence-electron chi connectivity index (χ3n) is 5.23. The highest BCUT2D eigenvalue weighted by molar-refractivity contribution is 6.53. The zero-order valence-corrected chi connectivity index (χ0v) is 18.8. The summed E-state index contributed by atoms with van der Waals surface area (Å²) in [5, 5.41) is 2.73. The first-order valence-electron chi connectivity index (χ1n) is 10.4. The molecule has 3 aromatic rings. The van der Waals surface area contributed by atoms with Crippen molar-refractivity contribution < 1.29 is 19.1 Å². The molecule has 0 atom stereocenters. The fourth-order valence-electron chi connectivity index (χ4n) is 3.54. The lowest BCUT2D eigenvalue weighted by molar-refractivity contribution is -0.120. The average molecular weight is 461 g/mol. The molecule has 2 amide bonds. The lowest BCUT2D eigenvalue weighted by atomic mass is 10.1. The Labute approximate surface area is 196 Å². The monoisotopic (exact) mass is 460 g/mol. The quantitative estimate of drug-likeness (QED) is 0.310. The highest BCUT2D eigenvalue weighted by Crippen LogP contribution is 2.32. The maximum absolute atomic E-state index is 13.0. The van der Waals surface area contributed by atoms with Crippen molar-refractivity contribution >= 4 is 40.8 Å². The van der Waals surface area contributed by atoms with Crippen molar-refractivity contribution in [1.29, 1.82) is 0 Å². The third kappa shape index (κ3) is 4.52. The molecule has 0 aliphatic carbocycles. The van der Waals surface area contributed by atoms with Crippen molar-refractivity contribution in [3.63, 3.8) is 0 Å². The molecule has 0 saturated carbocycles. The Kier molecular flexibility index (Phi) is 6.29. The van der Waals surface area contributed by atoms with Gasteiger partial charge in [0.25, 0.3) is 11.8 Å². The summed E-state index contributed by atoms with van der Waals surface area (Å²) in [4.78, 5) is 39.3. The van der Waals surface area contributed by atoms with E-state index in [4.69, 9.17) is 16.3 Å². The van der Waals surface area contributed by atoms with E-state index in [1.54, 1.807) is 48.5 Å². The minimum Gasteiger partial charge on any atom is -0.423 e. The topological polar surface area (TPSA) is 75.7 Å². The fourth-order valence-corrected chi connectivity index (χ4v) is 3.75. The van der Waals surface area contributed by atoms with Gasteiger partial charge in [0.1, 0.15) is 16.5 Å². The number of anilines is 2. The molecular formula is C26H21ClN2O4. The summed E-state index contributed by atoms with van der Waals surface area (Å²) in [6.45, 7) is 3.86. The molecule has 3 aromatic carbocycles. The standard InChI is InChI=1S/C26H21ClN2O4/c1-3-17-8-4-5-10-21(17)29-24(30)22(27)23(25(29)31)28-19-13-11-18(12-14-19)26(32)33-20-9-6-7-16(2)15-20/h4-15,28H,3H2,1-2H3. The summed E-state index contributed by atoms with van der Waals surface area (Å²) in [6.07, 6.45) is 0.660. The van der Waals surface area contributed by atoms with Gasteiger partial charge < -0.3 is 10.1 Å². The van der Waals surface area contributed by atoms with Crippen LogP contribution in [0.2, 0.25) is 0 Å². The van der Waals surface area contributed by atoms with Crippen LogP contribution in [0.25, 0.3) is 0 Å². The van der Waals surface area contributed by atoms with Crippen LogP contribution in [-0.2, 0) is 16.0 Å². The predicted molar refractivity (Wildman–Crippen MR) is 127 cm³/mol. The summed E-state index contributed by atoms with van der Waals surface area (Å²) < 4.78 is 5.39. The molecule has 0 spiro atoms. The molecule has 1 aliphatic heterocycles. The minimum absolute atomic E-state index is 0.0114. The highest BCUT2D eigenvalue weighted by atomic mass is 35.5. The molecule has 4 rings (SSSR count). The number of nitrogens with one attached hydrogen (secondary N) is 1. The van der Waals surface area contributed by atoms with E-state index >= 15 is 0 Å². The van der Waals surface area contributed by atoms with Gasteiger partial charge >= 0.3 is 5.97 Å². The van der Waals surface area contributed by atoms with E-state index in [0.29, 0.717) is 29.1 Å². The normalized spacial score (nSPS) is 13.5. The smallest absolute Gasteiger partial charge is 0.343 e. The number of ether oxygens (including phenoxy) is 1. The number of para-hydroxylation sites is 1. The van der Waals surface area contributed by atoms with Gasteiger partial charge in [0.2, 0.25) is 0 Å². The van der Waals surface area contributed by atoms with Crippen LogP contribution in [0.1, 0.15) is 28.4 Å². The van der Waals surface area contributed by atoms with Crippen LogP contribution in [0.4, 0.5) is 11.4 Å². The van der Waals surface area contributed by atoms with Gasteiger partial charge in [-0.1, -0.05) is 48.9 Å². The number of amides is 2. The number of nitrogens with zero attached hydrogens (tertiary/aromatic N) is 1. The Bertz CT molecular complexity index is 1280. The minimum atomic E-state index is -0.580. The van der Waals surface area contributed by atoms with Gasteiger partial charge in [-0.3, -0.25) is 9.59 Å². The second kappa shape index (κ2) is 9.30. The van der Waals surface area contributed by atoms with Gasteiger partial charge in [-0.2, -0.15) is 0 Å². The van der Waals surface area contributed by atoms with Gasteiger partial charge in [-0.15, -0.1) is 0 Å². The number of aryl methyl sites for hydroxylation is 2. The van der Waals surface area contributed by atoms with Crippen LogP contribution in [-0.4, -0.2) is 17.8 Å². The van der Waals surface area contributed by atoms with Crippen molar-refractivity contribution in [2.75, 3.05) is 10.2 Å². The summed E-state index contributed by atoms with van der Waals surface area (Å²) in [5.74, 6) is -1.15. The molecule has 0 bridgehead atoms. The Morgan fingerprint density at radius 1 is 0.970 bits per heavy atom. The summed E-state index contributed by atoms with van der Waals surface area (Å²) in [5.41, 5.74) is 3.19. The third-order valence-corrected chi connectivity index (χ3v) is 5.58. The number of hydrogen-bond acceptors (Lipinski definition) is 5. The second-order valence-corrected chi connectivity index (χ2v) is 7.90. The number of carbonyl (C=O) groups excluding carboxylic acids is 3. The van der Waals surface area contributed by atoms with Crippen molar-refractivity contribution in [2.24, 2.45) is 0 Å². The molecule has 166 valence electrons. The molecule has 0 aromatic heterocycles. The largest absolute Gasteiger partial charge is 0.423 e. The maximum atomic E-state index is 13.0. The molecule has 7 heteroatoms. The second-order valence-electron chi connectivity index (χ2n) is 7.53. The van der Waals surface area contributed by atoms with Crippen LogP contribution < -0.4 is 15.0 Å². The molecule has 0 radical (unpaired) electrons. The lowest BCUT2D eigenvalue weighted by Crippen LogP contribution is -2.33. The first-order valence-corrected chi connectivity index (χ1v) is 10.8. The number of rotatable bonds is 6. The van der Waals surface area contributed by atoms with E-state index in [9.17, 15) is 14.4 Å². The van der Waals surface area contributed by atoms with E-state index in [1.165, 1.54) is 0 Å². The Hall–Kier alpha value is -3.90. The summed E-state index contributed by atoms with van der Waals surface area (Å²) in [7, 11) is 0. The Morgan fingerprint density at radius 3 is 2.39 bits per heavy atom. The van der Waals surface area contributed by atoms with Gasteiger partial charge in [-0.25, -0.2) is 9.69 Å². The SMILES string of the molecule is CCc1ccccc1N1C(=O)C(Cl)=C(Nc2ccc(C(=O)Oc3cccc(C)c3)cc2)C1=O. The van der Waals surface area contributed by atoms with Crippen molar-refractivity contribution in [2.45, 2.75) is 20.3 Å². The van der Waals surface area contributed by atoms with Crippen LogP contribution in [0.15, 0.2) is 83.5 Å². The molecule has 0 saturated heterocycles. The first-order chi connectivity index (χ1) is 15.9. The number of hydrogen-bond donors (Lipinski definition) is 1. The molecule has 0 fully saturated rings. The number of imide groups is 1. The van der Waals surface area contributed by atoms with Gasteiger partial charge in [0.05, 0.1) is 11.3 Å². The fraction of sp³-hybridized carbons (Fsp3) is 0.115. The summed E-state index contributed by atoms with van der Waals surface area (Å²) in [6, 6.07) is 20.8. The van der Waals surface area contributed by atoms with E-state index < -0.39 is 17.8 Å². The predicted octanol–water partition coefficient (Wildman–Crippen LogP) is 5.21. The molecular weight excluding hydrogens is 440 g/mol. The van der Waals surface area contributed by atoms with Crippen LogP contribution in [0.5, 0.6) is 5.75 Å². The van der Waals surface area contributed by atoms with Crippen LogP contribution in [0, 0.1) is 6.92 Å². The summed E-state index contributed by atoms with van der Waals surface area (Å²) >= 11 is 6.23. The molecule has 6 nitrogen and oxygen atoms in total. The number of esters is 1. The number of benzene rings is 3. The molecule has 33 heavy (non-hydrogen) atoms. The van der Waals surface area contributed by atoms with Gasteiger partial charge in [-0.05, 0) is 66.9 Å². The lowest BCUT2D eigenvalue weighted by Gasteiger charge is -2.18. The van der Waals surface area contributed by atoms with Crippen molar-refractivity contribution in [3.8, 4) is 5.75 Å². The molecule has 1 N–H and O–H groups in total. The van der Waals surface area contributed by atoms with Crippen LogP contribution >= 0.6 is 11.6 Å². The highest BCUT2D eigenvalue weighted by Gasteiger charge is 2.39. The van der Waals surface area contributed by atoms with E-state index in [-0.39, 0.29) is 10.7 Å². The average Bonchev–Trinajstić information content (AvgIpc) is 3.02. The van der Waals surface area contributed by atoms with Gasteiger partial charge in [0, 0.05) is 5.69 Å². The van der Waals surface area contributed by atoms with E-state index in [0.717, 1.165) is 16.0 Å². The number of halogens is 1. The molecule has 0 unspecified atom stereocenters. The zero-order valence-electron chi connectivity index (χ0n) is 18.1. The Morgan fingerprint density at radius 2 is 1.70 bits per heavy atom. The first kappa shape index (κ1) is 22.3. The van der Waals surface area contributed by atoms with Crippen molar-refractivity contribution in [3.05, 3.63) is 100 Å². The van der Waals surface area contributed by atoms with Crippen molar-refractivity contribution in [1.82, 2.24) is 0 Å². The number of carbonyl (C=O) groups is 3. The van der Waals surface area contributed by atoms with E-state index in [2.05, 4.69) is 5.32 Å². The zero-order chi connectivity index (χ0) is 23.5. The van der Waals surface area contributed by atoms with Gasteiger partial charge in [0.15, 0.2) is 0 Å².